The first-order valence-corrected chi connectivity index (χ1v) is 7.92. The van der Waals surface area contributed by atoms with Crippen LogP contribution < -0.4 is 4.72 Å². The number of fused-ring (bicyclic) bond motifs is 1. The minimum Gasteiger partial charge on any atom is -0.288 e. The predicted octanol–water partition coefficient (Wildman–Crippen LogP) is 1.84. The summed E-state index contributed by atoms with van der Waals surface area (Å²) in [4.78, 5) is 15.7. The van der Waals surface area contributed by atoms with Crippen LogP contribution in [0.1, 0.15) is 20.3 Å². The van der Waals surface area contributed by atoms with Crippen molar-refractivity contribution in [2.24, 2.45) is 5.92 Å². The Labute approximate surface area is 121 Å². The molecule has 0 saturated heterocycles. The molecular formula is C12H14ClN3O3S. The Hall–Kier alpha value is -1.60. The zero-order chi connectivity index (χ0) is 14.9. The van der Waals surface area contributed by atoms with Gasteiger partial charge in [0, 0.05) is 12.1 Å². The fraction of sp³-hybridized carbons (Fsp3) is 0.333. The van der Waals surface area contributed by atoms with Crippen LogP contribution in [0.5, 0.6) is 0 Å². The van der Waals surface area contributed by atoms with E-state index in [-0.39, 0.29) is 10.2 Å². The van der Waals surface area contributed by atoms with Gasteiger partial charge in [0.25, 0.3) is 10.0 Å². The van der Waals surface area contributed by atoms with Gasteiger partial charge in [-0.1, -0.05) is 31.5 Å². The molecule has 0 unspecified atom stereocenters. The van der Waals surface area contributed by atoms with Crippen molar-refractivity contribution < 1.29 is 13.2 Å². The Balaban J connectivity index is 2.47. The van der Waals surface area contributed by atoms with Gasteiger partial charge in [0.05, 0.1) is 0 Å². The zero-order valence-corrected chi connectivity index (χ0v) is 12.6. The molecule has 0 aliphatic carbocycles. The summed E-state index contributed by atoms with van der Waals surface area (Å²) in [5, 5.41) is -0.396. The lowest BCUT2D eigenvalue weighted by Gasteiger charge is -2.10. The van der Waals surface area contributed by atoms with Gasteiger partial charge in [0.1, 0.15) is 5.65 Å². The highest BCUT2D eigenvalue weighted by molar-refractivity contribution is 7.90. The van der Waals surface area contributed by atoms with Gasteiger partial charge in [0.15, 0.2) is 10.2 Å². The fourth-order valence-electron chi connectivity index (χ4n) is 1.65. The van der Waals surface area contributed by atoms with Crippen LogP contribution in [0.4, 0.5) is 0 Å². The number of pyridine rings is 1. The molecule has 0 aliphatic rings. The fourth-order valence-corrected chi connectivity index (χ4v) is 3.38. The molecule has 2 aromatic heterocycles. The molecule has 0 aliphatic heterocycles. The number of hydrogen-bond acceptors (Lipinski definition) is 4. The van der Waals surface area contributed by atoms with Crippen LogP contribution in [0.25, 0.3) is 5.65 Å². The van der Waals surface area contributed by atoms with E-state index < -0.39 is 21.8 Å². The van der Waals surface area contributed by atoms with E-state index in [1.165, 1.54) is 10.6 Å². The van der Waals surface area contributed by atoms with E-state index in [9.17, 15) is 13.2 Å². The second-order valence-corrected chi connectivity index (χ2v) is 6.37. The minimum atomic E-state index is -4.06. The monoisotopic (exact) mass is 315 g/mol. The van der Waals surface area contributed by atoms with Crippen LogP contribution in [0.3, 0.4) is 0 Å². The second-order valence-electron chi connectivity index (χ2n) is 4.42. The van der Waals surface area contributed by atoms with E-state index in [1.54, 1.807) is 32.0 Å². The number of sulfonamides is 1. The maximum atomic E-state index is 12.3. The highest BCUT2D eigenvalue weighted by Crippen LogP contribution is 2.22. The van der Waals surface area contributed by atoms with E-state index in [2.05, 4.69) is 4.98 Å². The van der Waals surface area contributed by atoms with Crippen molar-refractivity contribution in [2.45, 2.75) is 25.3 Å². The average Bonchev–Trinajstić information content (AvgIpc) is 2.73. The highest BCUT2D eigenvalue weighted by atomic mass is 35.5. The normalized spacial score (nSPS) is 13.3. The molecule has 0 fully saturated rings. The van der Waals surface area contributed by atoms with Crippen molar-refractivity contribution in [1.82, 2.24) is 14.1 Å². The molecule has 8 heteroatoms. The zero-order valence-electron chi connectivity index (χ0n) is 11.0. The summed E-state index contributed by atoms with van der Waals surface area (Å²) < 4.78 is 27.9. The predicted molar refractivity (Wildman–Crippen MR) is 75.0 cm³/mol. The van der Waals surface area contributed by atoms with Crippen LogP contribution in [0, 0.1) is 5.92 Å². The first kappa shape index (κ1) is 14.8. The molecule has 108 valence electrons. The van der Waals surface area contributed by atoms with Crippen molar-refractivity contribution in [3.8, 4) is 0 Å². The lowest BCUT2D eigenvalue weighted by Crippen LogP contribution is -2.35. The Morgan fingerprint density at radius 1 is 1.50 bits per heavy atom. The van der Waals surface area contributed by atoms with E-state index >= 15 is 0 Å². The average molecular weight is 316 g/mol. The lowest BCUT2D eigenvalue weighted by molar-refractivity contribution is -0.122. The number of carbonyl (C=O) groups is 1. The van der Waals surface area contributed by atoms with Gasteiger partial charge in [-0.15, -0.1) is 0 Å². The Kier molecular flexibility index (Phi) is 4.01. The Morgan fingerprint density at radius 2 is 2.20 bits per heavy atom. The van der Waals surface area contributed by atoms with Crippen molar-refractivity contribution in [3.05, 3.63) is 29.5 Å². The van der Waals surface area contributed by atoms with Gasteiger partial charge < -0.3 is 0 Å². The highest BCUT2D eigenvalue weighted by Gasteiger charge is 2.27. The smallest absolute Gasteiger partial charge is 0.283 e. The Bertz CT molecular complexity index is 754. The number of nitrogens with one attached hydrogen (secondary N) is 1. The van der Waals surface area contributed by atoms with Crippen molar-refractivity contribution in [3.63, 3.8) is 0 Å². The Morgan fingerprint density at radius 3 is 2.85 bits per heavy atom. The molecule has 20 heavy (non-hydrogen) atoms. The van der Waals surface area contributed by atoms with Crippen LogP contribution >= 0.6 is 11.6 Å². The van der Waals surface area contributed by atoms with Gasteiger partial charge in [-0.2, -0.15) is 8.42 Å². The number of aromatic nitrogens is 2. The van der Waals surface area contributed by atoms with E-state index in [4.69, 9.17) is 11.6 Å². The number of imidazole rings is 1. The second kappa shape index (κ2) is 5.41. The molecule has 1 atom stereocenters. The van der Waals surface area contributed by atoms with Gasteiger partial charge in [-0.25, -0.2) is 9.71 Å². The van der Waals surface area contributed by atoms with Gasteiger partial charge >= 0.3 is 0 Å². The standard InChI is InChI=1S/C12H14ClN3O3S/c1-3-8(2)11(17)15-20(18,19)12-10(13)14-9-6-4-5-7-16(9)12/h4-8H,3H2,1-2H3,(H,15,17)/t8-/m0/s1. The number of carbonyl (C=O) groups excluding carboxylic acids is 1. The van der Waals surface area contributed by atoms with Crippen LogP contribution in [0.15, 0.2) is 29.4 Å². The molecule has 0 saturated carbocycles. The molecule has 1 N–H and O–H groups in total. The van der Waals surface area contributed by atoms with Gasteiger partial charge in [0.2, 0.25) is 5.91 Å². The number of nitrogens with zero attached hydrogens (tertiary/aromatic N) is 2. The summed E-state index contributed by atoms with van der Waals surface area (Å²) in [5.41, 5.74) is 0.397. The third-order valence-corrected chi connectivity index (χ3v) is 4.74. The number of rotatable bonds is 4. The third-order valence-electron chi connectivity index (χ3n) is 3.00. The van der Waals surface area contributed by atoms with Crippen LogP contribution in [-0.4, -0.2) is 23.7 Å². The summed E-state index contributed by atoms with van der Waals surface area (Å²) in [5.74, 6) is -0.961. The molecule has 2 heterocycles. The van der Waals surface area contributed by atoms with Crippen molar-refractivity contribution in [1.29, 1.82) is 0 Å². The SMILES string of the molecule is CC[C@H](C)C(=O)NS(=O)(=O)c1c(Cl)nc2ccccn12. The van der Waals surface area contributed by atoms with Crippen molar-refractivity contribution >= 4 is 33.2 Å². The number of amides is 1. The summed E-state index contributed by atoms with van der Waals surface area (Å²) in [6.45, 7) is 3.46. The van der Waals surface area contributed by atoms with Crippen LogP contribution in [0.2, 0.25) is 5.15 Å². The van der Waals surface area contributed by atoms with Crippen LogP contribution in [-0.2, 0) is 14.8 Å². The molecule has 0 aromatic carbocycles. The van der Waals surface area contributed by atoms with E-state index in [1.807, 2.05) is 4.72 Å². The summed E-state index contributed by atoms with van der Waals surface area (Å²) in [6.07, 6.45) is 2.07. The largest absolute Gasteiger partial charge is 0.288 e. The molecule has 2 aromatic rings. The number of hydrogen-bond donors (Lipinski definition) is 1. The molecule has 0 spiro atoms. The summed E-state index contributed by atoms with van der Waals surface area (Å²) in [6, 6.07) is 4.99. The van der Waals surface area contributed by atoms with Crippen molar-refractivity contribution in [2.75, 3.05) is 0 Å². The molecule has 6 nitrogen and oxygen atoms in total. The number of halogens is 1. The van der Waals surface area contributed by atoms with Gasteiger partial charge in [-0.3, -0.25) is 9.20 Å². The summed E-state index contributed by atoms with van der Waals surface area (Å²) >= 11 is 5.89. The summed E-state index contributed by atoms with van der Waals surface area (Å²) in [7, 11) is -4.06. The van der Waals surface area contributed by atoms with E-state index in [0.29, 0.717) is 12.1 Å². The molecule has 0 radical (unpaired) electrons. The maximum Gasteiger partial charge on any atom is 0.283 e. The first-order valence-electron chi connectivity index (χ1n) is 6.06. The third kappa shape index (κ3) is 2.64. The lowest BCUT2D eigenvalue weighted by atomic mass is 10.1. The molecule has 2 rings (SSSR count). The topological polar surface area (TPSA) is 80.5 Å². The van der Waals surface area contributed by atoms with Gasteiger partial charge in [-0.05, 0) is 18.6 Å². The first-order chi connectivity index (χ1) is 9.36. The quantitative estimate of drug-likeness (QED) is 0.933. The molecular weight excluding hydrogens is 302 g/mol. The molecule has 1 amide bonds. The van der Waals surface area contributed by atoms with E-state index in [0.717, 1.165) is 0 Å². The maximum absolute atomic E-state index is 12.3. The molecule has 0 bridgehead atoms. The minimum absolute atomic E-state index is 0.166.